The van der Waals surface area contributed by atoms with Crippen molar-refractivity contribution in [2.24, 2.45) is 0 Å². The van der Waals surface area contributed by atoms with E-state index in [1.165, 1.54) is 0 Å². The van der Waals surface area contributed by atoms with Crippen molar-refractivity contribution in [1.82, 2.24) is 0 Å². The van der Waals surface area contributed by atoms with Gasteiger partial charge in [-0.15, -0.1) is 0 Å². The van der Waals surface area contributed by atoms with E-state index >= 15 is 0 Å². The Hall–Kier alpha value is -0.680. The molecule has 24 heavy (non-hydrogen) atoms. The molecule has 0 atom stereocenters. The maximum absolute atomic E-state index is 13.5. The minimum atomic E-state index is -2.60. The summed E-state index contributed by atoms with van der Waals surface area (Å²) in [4.78, 5) is 12.7. The number of esters is 1. The number of rotatable bonds is 3. The number of benzene rings is 1. The van der Waals surface area contributed by atoms with Crippen LogP contribution in [0.1, 0.15) is 73.9 Å². The van der Waals surface area contributed by atoms with Gasteiger partial charge in [-0.2, -0.15) is 0 Å². The normalized spacial score (nSPS) is 18.5. The third-order valence-corrected chi connectivity index (χ3v) is 5.10. The summed E-state index contributed by atoms with van der Waals surface area (Å²) < 4.78 is 32.5. The molecule has 1 fully saturated rings. The van der Waals surface area contributed by atoms with Crippen molar-refractivity contribution in [3.63, 3.8) is 0 Å². The minimum absolute atomic E-state index is 0.0813. The molecule has 1 saturated carbocycles. The van der Waals surface area contributed by atoms with E-state index in [4.69, 9.17) is 16.3 Å². The summed E-state index contributed by atoms with van der Waals surface area (Å²) in [6.07, 6.45) is 0.397. The Bertz CT molecular complexity index is 616. The minimum Gasteiger partial charge on any atom is -0.456 e. The molecule has 0 unspecified atom stereocenters. The number of hydrogen-bond donors (Lipinski definition) is 0. The van der Waals surface area contributed by atoms with E-state index in [-0.39, 0.29) is 18.8 Å². The van der Waals surface area contributed by atoms with E-state index in [1.54, 1.807) is 32.9 Å². The lowest BCUT2D eigenvalue weighted by molar-refractivity contribution is -0.0382. The third kappa shape index (κ3) is 4.69. The zero-order chi connectivity index (χ0) is 18.1. The van der Waals surface area contributed by atoms with Crippen LogP contribution in [0.5, 0.6) is 0 Å². The average molecular weight is 424 g/mol. The van der Waals surface area contributed by atoms with Gasteiger partial charge >= 0.3 is 5.97 Å². The van der Waals surface area contributed by atoms with Crippen molar-refractivity contribution in [3.8, 4) is 0 Å². The summed E-state index contributed by atoms with van der Waals surface area (Å²) in [5.41, 5.74) is 1.20. The van der Waals surface area contributed by atoms with Crippen LogP contribution in [0.4, 0.5) is 8.78 Å². The zero-order valence-electron chi connectivity index (χ0n) is 14.1. The molecule has 1 aliphatic rings. The smallest absolute Gasteiger partial charge is 0.339 e. The summed E-state index contributed by atoms with van der Waals surface area (Å²) in [6, 6.07) is 3.51. The SMILES string of the molecule is CC(C)(C)OC(=O)c1c(C2CCC(F)(F)CC2)ccc(Cl)c1CBr. The van der Waals surface area contributed by atoms with Crippen LogP contribution >= 0.6 is 27.5 Å². The fraction of sp³-hybridized carbons (Fsp3) is 0.611. The van der Waals surface area contributed by atoms with Crippen LogP contribution in [0.2, 0.25) is 5.02 Å². The van der Waals surface area contributed by atoms with Crippen LogP contribution in [0.15, 0.2) is 12.1 Å². The molecule has 1 aromatic carbocycles. The van der Waals surface area contributed by atoms with Crippen LogP contribution in [0.3, 0.4) is 0 Å². The van der Waals surface area contributed by atoms with Gasteiger partial charge in [0.15, 0.2) is 0 Å². The molecule has 1 aliphatic carbocycles. The van der Waals surface area contributed by atoms with E-state index in [0.29, 0.717) is 34.3 Å². The zero-order valence-corrected chi connectivity index (χ0v) is 16.4. The molecular weight excluding hydrogens is 402 g/mol. The highest BCUT2D eigenvalue weighted by Gasteiger charge is 2.37. The van der Waals surface area contributed by atoms with Crippen LogP contribution in [0.25, 0.3) is 0 Å². The number of carbonyl (C=O) groups excluding carboxylic acids is 1. The van der Waals surface area contributed by atoms with Crippen LogP contribution in [-0.4, -0.2) is 17.5 Å². The van der Waals surface area contributed by atoms with Gasteiger partial charge in [0.2, 0.25) is 5.92 Å². The van der Waals surface area contributed by atoms with Gasteiger partial charge in [0.25, 0.3) is 0 Å². The highest BCUT2D eigenvalue weighted by Crippen LogP contribution is 2.43. The highest BCUT2D eigenvalue weighted by molar-refractivity contribution is 9.08. The third-order valence-electron chi connectivity index (χ3n) is 4.18. The van der Waals surface area contributed by atoms with Crippen molar-refractivity contribution < 1.29 is 18.3 Å². The summed E-state index contributed by atoms with van der Waals surface area (Å²) in [5, 5.41) is 0.870. The maximum Gasteiger partial charge on any atom is 0.339 e. The molecule has 2 nitrogen and oxygen atoms in total. The van der Waals surface area contributed by atoms with E-state index in [0.717, 1.165) is 5.56 Å². The first-order valence-corrected chi connectivity index (χ1v) is 9.52. The molecule has 0 aliphatic heterocycles. The van der Waals surface area contributed by atoms with Crippen molar-refractivity contribution in [2.45, 2.75) is 69.2 Å². The predicted molar refractivity (Wildman–Crippen MR) is 95.4 cm³/mol. The lowest BCUT2D eigenvalue weighted by atomic mass is 9.79. The van der Waals surface area contributed by atoms with Gasteiger partial charge in [0.05, 0.1) is 5.56 Å². The molecule has 6 heteroatoms. The van der Waals surface area contributed by atoms with Gasteiger partial charge in [-0.05, 0) is 56.7 Å². The summed E-state index contributed by atoms with van der Waals surface area (Å²) in [5.74, 6) is -3.14. The van der Waals surface area contributed by atoms with Crippen molar-refractivity contribution in [2.75, 3.05) is 0 Å². The summed E-state index contributed by atoms with van der Waals surface area (Å²) in [6.45, 7) is 5.39. The Morgan fingerprint density at radius 1 is 1.33 bits per heavy atom. The standard InChI is InChI=1S/C18H22BrClF2O2/c1-17(2,3)24-16(23)15-12(4-5-14(20)13(15)10-19)11-6-8-18(21,22)9-7-11/h4-5,11H,6-10H2,1-3H3. The fourth-order valence-corrected chi connectivity index (χ4v) is 4.00. The van der Waals surface area contributed by atoms with Crippen molar-refractivity contribution in [3.05, 3.63) is 33.8 Å². The molecule has 134 valence electrons. The molecule has 2 rings (SSSR count). The lowest BCUT2D eigenvalue weighted by Crippen LogP contribution is -2.28. The Balaban J connectivity index is 2.43. The molecule has 0 radical (unpaired) electrons. The van der Waals surface area contributed by atoms with E-state index in [1.807, 2.05) is 0 Å². The summed E-state index contributed by atoms with van der Waals surface area (Å²) in [7, 11) is 0. The Kier molecular flexibility index (Phi) is 5.96. The molecule has 0 saturated heterocycles. The topological polar surface area (TPSA) is 26.3 Å². The van der Waals surface area contributed by atoms with Crippen LogP contribution in [-0.2, 0) is 10.1 Å². The predicted octanol–water partition coefficient (Wildman–Crippen LogP) is 6.48. The molecule has 0 aromatic heterocycles. The second-order valence-electron chi connectivity index (χ2n) is 7.26. The number of alkyl halides is 3. The lowest BCUT2D eigenvalue weighted by Gasteiger charge is -2.30. The van der Waals surface area contributed by atoms with E-state index < -0.39 is 17.5 Å². The maximum atomic E-state index is 13.5. The van der Waals surface area contributed by atoms with Gasteiger partial charge in [-0.25, -0.2) is 13.6 Å². The van der Waals surface area contributed by atoms with Gasteiger partial charge in [-0.3, -0.25) is 0 Å². The number of hydrogen-bond acceptors (Lipinski definition) is 2. The molecular formula is C18H22BrClF2O2. The molecule has 0 heterocycles. The Morgan fingerprint density at radius 2 is 1.92 bits per heavy atom. The van der Waals surface area contributed by atoms with Gasteiger partial charge < -0.3 is 4.74 Å². The fourth-order valence-electron chi connectivity index (χ4n) is 3.03. The Labute approximate surface area is 155 Å². The van der Waals surface area contributed by atoms with Crippen molar-refractivity contribution in [1.29, 1.82) is 0 Å². The number of halogens is 4. The second-order valence-corrected chi connectivity index (χ2v) is 8.22. The first-order valence-electron chi connectivity index (χ1n) is 8.02. The quantitative estimate of drug-likeness (QED) is 0.410. The van der Waals surface area contributed by atoms with Gasteiger partial charge in [0, 0.05) is 23.2 Å². The van der Waals surface area contributed by atoms with Crippen LogP contribution < -0.4 is 0 Å². The first kappa shape index (κ1) is 19.6. The molecule has 1 aromatic rings. The van der Waals surface area contributed by atoms with E-state index in [2.05, 4.69) is 15.9 Å². The first-order chi connectivity index (χ1) is 11.0. The number of ether oxygens (including phenoxy) is 1. The molecule has 0 amide bonds. The Morgan fingerprint density at radius 3 is 2.42 bits per heavy atom. The molecule has 0 spiro atoms. The van der Waals surface area contributed by atoms with Gasteiger partial charge in [-0.1, -0.05) is 33.6 Å². The van der Waals surface area contributed by atoms with E-state index in [9.17, 15) is 13.6 Å². The summed E-state index contributed by atoms with van der Waals surface area (Å²) >= 11 is 9.61. The van der Waals surface area contributed by atoms with Crippen LogP contribution in [0, 0.1) is 0 Å². The molecule has 0 bridgehead atoms. The van der Waals surface area contributed by atoms with Crippen molar-refractivity contribution >= 4 is 33.5 Å². The number of carbonyl (C=O) groups is 1. The van der Waals surface area contributed by atoms with Gasteiger partial charge in [0.1, 0.15) is 5.60 Å². The second kappa shape index (κ2) is 7.28. The molecule has 0 N–H and O–H groups in total. The average Bonchev–Trinajstić information content (AvgIpc) is 2.45. The monoisotopic (exact) mass is 422 g/mol. The largest absolute Gasteiger partial charge is 0.456 e. The highest BCUT2D eigenvalue weighted by atomic mass is 79.9.